The number of ether oxygens (including phenoxy) is 5. The zero-order valence-electron chi connectivity index (χ0n) is 38.8. The molecule has 3 rings (SSSR count). The summed E-state index contributed by atoms with van der Waals surface area (Å²) in [5, 5.41) is 27.4. The van der Waals surface area contributed by atoms with Gasteiger partial charge in [0.05, 0.1) is 12.0 Å². The second kappa shape index (κ2) is 23.7. The first kappa shape index (κ1) is 52.5. The van der Waals surface area contributed by atoms with Crippen LogP contribution in [-0.2, 0) is 52.5 Å². The second-order valence-corrected chi connectivity index (χ2v) is 18.3. The Bertz CT molecular complexity index is 1640. The van der Waals surface area contributed by atoms with Gasteiger partial charge in [0.15, 0.2) is 29.5 Å². The molecule has 0 aromatic rings. The third kappa shape index (κ3) is 12.9. The molecule has 1 aliphatic heterocycles. The minimum atomic E-state index is -2.61. The van der Waals surface area contributed by atoms with Crippen LogP contribution >= 0.6 is 0 Å². The number of fused-ring (bicyclic) bond motifs is 3. The number of amides is 1. The lowest BCUT2D eigenvalue weighted by Crippen LogP contribution is -2.64. The number of allylic oxidation sites excluding steroid dienone is 1. The fourth-order valence-corrected chi connectivity index (χ4v) is 8.96. The minimum absolute atomic E-state index is 0.0172. The highest BCUT2D eigenvalue weighted by Crippen LogP contribution is 2.57. The van der Waals surface area contributed by atoms with Gasteiger partial charge in [-0.25, -0.2) is 9.59 Å². The number of carbonyl (C=O) groups is 6. The van der Waals surface area contributed by atoms with E-state index in [2.05, 4.69) is 12.2 Å². The average molecular weight is 877 g/mol. The van der Waals surface area contributed by atoms with E-state index in [-0.39, 0.29) is 41.4 Å². The lowest BCUT2D eigenvalue weighted by Gasteiger charge is -2.41. The number of carbonyl (C=O) groups excluding carboxylic acids is 6. The Morgan fingerprint density at radius 2 is 1.39 bits per heavy atom. The summed E-state index contributed by atoms with van der Waals surface area (Å²) in [4.78, 5) is 78.8. The SMILES string of the molecule is C/C=C(/C)C(=O)O[C@H]1C(C)=C2[C@H]([C@@H]1OC(=O)CCCCCCC)[C@@](C)(OC(C)=O)C[C@H](OC(=O)CCCCCCCCCCCNC(=O)[C@@H](N)C(C)C)[C@@]1(O)[C@H]2OC(=O)[C@@]1(C)O. The van der Waals surface area contributed by atoms with E-state index in [1.54, 1.807) is 33.8 Å². The Morgan fingerprint density at radius 3 is 1.92 bits per heavy atom. The zero-order chi connectivity index (χ0) is 46.4. The number of unbranched alkanes of at least 4 members (excludes halogenated alkanes) is 12. The molecule has 0 unspecified atom stereocenters. The van der Waals surface area contributed by atoms with Crippen LogP contribution in [0, 0.1) is 11.8 Å². The van der Waals surface area contributed by atoms with Crippen molar-refractivity contribution in [3.8, 4) is 0 Å². The van der Waals surface area contributed by atoms with Crippen LogP contribution in [0.15, 0.2) is 22.8 Å². The maximum Gasteiger partial charge on any atom is 0.341 e. The molecule has 2 aliphatic carbocycles. The van der Waals surface area contributed by atoms with Crippen molar-refractivity contribution in [1.82, 2.24) is 5.32 Å². The summed E-state index contributed by atoms with van der Waals surface area (Å²) < 4.78 is 30.0. The van der Waals surface area contributed by atoms with Crippen LogP contribution in [0.5, 0.6) is 0 Å². The minimum Gasteiger partial charge on any atom is -0.459 e. The standard InChI is InChI=1S/C47H76N2O13/c1-10-12-13-19-22-26-35(52)59-40-37-36(31(6)39(40)60-43(54)30(5)11-2)41-47(57,46(9,56)44(55)61-41)33(28-45(37,8)62-32(7)50)58-34(51)25-23-20-17-15-14-16-18-21-24-27-49-42(53)38(48)29(3)4/h11,29,33,37-41,56-57H,10,12-28,48H2,1-9H3,(H,49,53)/b30-11-/t33-,37+,38-,39-,40-,41-,45-,46+,47+/m0/s1. The van der Waals surface area contributed by atoms with Crippen molar-refractivity contribution in [2.45, 2.75) is 219 Å². The first-order chi connectivity index (χ1) is 29.2. The van der Waals surface area contributed by atoms with Gasteiger partial charge in [0.1, 0.15) is 11.7 Å². The highest BCUT2D eigenvalue weighted by Gasteiger charge is 2.76. The molecule has 15 nitrogen and oxygen atoms in total. The van der Waals surface area contributed by atoms with E-state index in [9.17, 15) is 39.0 Å². The molecule has 0 aromatic heterocycles. The van der Waals surface area contributed by atoms with E-state index >= 15 is 0 Å². The van der Waals surface area contributed by atoms with Gasteiger partial charge < -0.3 is 44.9 Å². The number of aliphatic hydroxyl groups is 2. The maximum absolute atomic E-state index is 13.6. The maximum atomic E-state index is 13.6. The summed E-state index contributed by atoms with van der Waals surface area (Å²) in [5.74, 6) is -5.09. The lowest BCUT2D eigenvalue weighted by atomic mass is 9.75. The summed E-state index contributed by atoms with van der Waals surface area (Å²) in [6, 6.07) is -0.495. The van der Waals surface area contributed by atoms with Crippen molar-refractivity contribution in [1.29, 1.82) is 0 Å². The lowest BCUT2D eigenvalue weighted by molar-refractivity contribution is -0.212. The molecule has 1 heterocycles. The van der Waals surface area contributed by atoms with Crippen LogP contribution in [0.3, 0.4) is 0 Å². The number of hydrogen-bond donors (Lipinski definition) is 4. The quantitative estimate of drug-likeness (QED) is 0.0266. The molecule has 352 valence electrons. The highest BCUT2D eigenvalue weighted by molar-refractivity contribution is 5.88. The second-order valence-electron chi connectivity index (χ2n) is 18.3. The largest absolute Gasteiger partial charge is 0.459 e. The van der Waals surface area contributed by atoms with E-state index in [0.29, 0.717) is 19.4 Å². The summed E-state index contributed by atoms with van der Waals surface area (Å²) in [7, 11) is 0. The summed E-state index contributed by atoms with van der Waals surface area (Å²) in [5.41, 5.74) is -0.375. The molecule has 0 aromatic carbocycles. The van der Waals surface area contributed by atoms with Crippen LogP contribution in [0.2, 0.25) is 0 Å². The number of nitrogens with one attached hydrogen (secondary N) is 1. The fourth-order valence-electron chi connectivity index (χ4n) is 8.96. The molecule has 1 saturated heterocycles. The van der Waals surface area contributed by atoms with Gasteiger partial charge >= 0.3 is 29.8 Å². The monoisotopic (exact) mass is 877 g/mol. The Labute approximate surface area is 368 Å². The van der Waals surface area contributed by atoms with Crippen LogP contribution in [0.25, 0.3) is 0 Å². The van der Waals surface area contributed by atoms with Crippen molar-refractivity contribution in [2.75, 3.05) is 6.54 Å². The zero-order valence-corrected chi connectivity index (χ0v) is 38.8. The van der Waals surface area contributed by atoms with Crippen LogP contribution < -0.4 is 11.1 Å². The summed E-state index contributed by atoms with van der Waals surface area (Å²) in [6.45, 7) is 15.2. The van der Waals surface area contributed by atoms with E-state index in [1.165, 1.54) is 6.92 Å². The summed E-state index contributed by atoms with van der Waals surface area (Å²) in [6.07, 6.45) is 7.78. The fraction of sp³-hybridized carbons (Fsp3) is 0.787. The van der Waals surface area contributed by atoms with Crippen LogP contribution in [0.1, 0.15) is 171 Å². The summed E-state index contributed by atoms with van der Waals surface area (Å²) >= 11 is 0. The Hall–Kier alpha value is -3.82. The van der Waals surface area contributed by atoms with Crippen molar-refractivity contribution in [3.05, 3.63) is 22.8 Å². The van der Waals surface area contributed by atoms with Gasteiger partial charge in [-0.05, 0) is 70.9 Å². The Balaban J connectivity index is 1.79. The average Bonchev–Trinajstić information content (AvgIpc) is 3.54. The van der Waals surface area contributed by atoms with Gasteiger partial charge in [0, 0.05) is 38.3 Å². The Morgan fingerprint density at radius 1 is 0.855 bits per heavy atom. The van der Waals surface area contributed by atoms with Crippen LogP contribution in [-0.4, -0.2) is 99.8 Å². The third-order valence-corrected chi connectivity index (χ3v) is 12.9. The van der Waals surface area contributed by atoms with Gasteiger partial charge in [-0.2, -0.15) is 0 Å². The predicted molar refractivity (Wildman–Crippen MR) is 231 cm³/mol. The third-order valence-electron chi connectivity index (χ3n) is 12.9. The van der Waals surface area contributed by atoms with Gasteiger partial charge in [-0.15, -0.1) is 0 Å². The van der Waals surface area contributed by atoms with Gasteiger partial charge in [-0.1, -0.05) is 97.5 Å². The smallest absolute Gasteiger partial charge is 0.341 e. The highest BCUT2D eigenvalue weighted by atomic mass is 16.6. The molecule has 9 atom stereocenters. The molecular weight excluding hydrogens is 801 g/mol. The molecule has 15 heteroatoms. The number of rotatable bonds is 25. The van der Waals surface area contributed by atoms with Crippen molar-refractivity contribution >= 4 is 35.8 Å². The first-order valence-electron chi connectivity index (χ1n) is 23.0. The van der Waals surface area contributed by atoms with E-state index in [0.717, 1.165) is 84.0 Å². The number of nitrogens with two attached hydrogens (primary N) is 1. The van der Waals surface area contributed by atoms with Crippen molar-refractivity contribution in [3.63, 3.8) is 0 Å². The molecule has 1 amide bonds. The Kier molecular flexibility index (Phi) is 20.1. The topological polar surface area (TPSA) is 227 Å². The van der Waals surface area contributed by atoms with Gasteiger partial charge in [0.2, 0.25) is 5.91 Å². The molecule has 3 aliphatic rings. The van der Waals surface area contributed by atoms with Crippen LogP contribution in [0.4, 0.5) is 0 Å². The molecule has 5 N–H and O–H groups in total. The van der Waals surface area contributed by atoms with Gasteiger partial charge in [0.25, 0.3) is 0 Å². The molecule has 0 radical (unpaired) electrons. The molecular formula is C47H76N2O13. The first-order valence-corrected chi connectivity index (χ1v) is 23.0. The van der Waals surface area contributed by atoms with Gasteiger partial charge in [-0.3, -0.25) is 19.2 Å². The molecule has 62 heavy (non-hydrogen) atoms. The van der Waals surface area contributed by atoms with E-state index in [4.69, 9.17) is 29.4 Å². The van der Waals surface area contributed by atoms with E-state index in [1.807, 2.05) is 13.8 Å². The van der Waals surface area contributed by atoms with E-state index < -0.39 is 89.4 Å². The van der Waals surface area contributed by atoms with Crippen molar-refractivity contribution in [2.24, 2.45) is 17.6 Å². The van der Waals surface area contributed by atoms with Crippen molar-refractivity contribution < 1.29 is 62.7 Å². The molecule has 1 saturated carbocycles. The molecule has 0 spiro atoms. The normalized spacial score (nSPS) is 28.7. The number of esters is 5. The number of hydrogen-bond acceptors (Lipinski definition) is 14. The molecule has 0 bridgehead atoms. The predicted octanol–water partition coefficient (Wildman–Crippen LogP) is 6.13. The molecule has 2 fully saturated rings.